The Kier molecular flexibility index (Phi) is 8.44. The SMILES string of the molecule is C=CC(CC(=C)c1nccc2ccccc12)(C(=C)NC(CCC1=CCC=C1)C(=C)CF)C(C)C. The first-order valence-electron chi connectivity index (χ1n) is 12.0. The first-order valence-corrected chi connectivity index (χ1v) is 12.0. The van der Waals surface area contributed by atoms with Crippen molar-refractivity contribution in [1.29, 1.82) is 0 Å². The molecule has 0 saturated heterocycles. The lowest BCUT2D eigenvalue weighted by Gasteiger charge is -2.40. The molecule has 0 radical (unpaired) electrons. The average Bonchev–Trinajstić information content (AvgIpc) is 3.37. The van der Waals surface area contributed by atoms with Crippen molar-refractivity contribution in [2.45, 2.75) is 45.6 Å². The van der Waals surface area contributed by atoms with Crippen LogP contribution >= 0.6 is 0 Å². The third-order valence-electron chi connectivity index (χ3n) is 7.05. The van der Waals surface area contributed by atoms with Crippen molar-refractivity contribution in [2.24, 2.45) is 11.3 Å². The maximum Gasteiger partial charge on any atom is 0.112 e. The highest BCUT2D eigenvalue weighted by Gasteiger charge is 2.36. The van der Waals surface area contributed by atoms with Crippen molar-refractivity contribution in [2.75, 3.05) is 6.67 Å². The quantitative estimate of drug-likeness (QED) is 0.308. The number of pyridine rings is 1. The van der Waals surface area contributed by atoms with Crippen molar-refractivity contribution < 1.29 is 4.39 Å². The van der Waals surface area contributed by atoms with Crippen LogP contribution in [-0.4, -0.2) is 17.7 Å². The Morgan fingerprint density at radius 2 is 1.97 bits per heavy atom. The first kappa shape index (κ1) is 25.4. The van der Waals surface area contributed by atoms with Gasteiger partial charge in [-0.1, -0.05) is 87.7 Å². The molecule has 1 aromatic heterocycles. The van der Waals surface area contributed by atoms with E-state index in [-0.39, 0.29) is 12.0 Å². The number of benzene rings is 1. The highest BCUT2D eigenvalue weighted by Crippen LogP contribution is 2.44. The maximum atomic E-state index is 13.7. The fourth-order valence-electron chi connectivity index (χ4n) is 4.75. The van der Waals surface area contributed by atoms with Gasteiger partial charge in [-0.05, 0) is 54.2 Å². The Bertz CT molecular complexity index is 1130. The standard InChI is InChI=1S/C31H37FN2/c1-7-31(22(2)3,20-23(4)30-28-15-11-10-14-27(28)18-19-33-30)25(6)34-29(24(5)21-32)17-16-26-12-8-9-13-26/h7-8,10-15,18-19,22,29,34H,1,4-6,9,16-17,20-21H2,2-3H3. The van der Waals surface area contributed by atoms with Gasteiger partial charge in [-0.25, -0.2) is 4.39 Å². The maximum absolute atomic E-state index is 13.7. The molecule has 2 aromatic rings. The van der Waals surface area contributed by atoms with Crippen LogP contribution in [0.1, 0.15) is 45.2 Å². The normalized spacial score (nSPS) is 15.6. The lowest BCUT2D eigenvalue weighted by atomic mass is 9.69. The molecule has 2 nitrogen and oxygen atoms in total. The van der Waals surface area contributed by atoms with Gasteiger partial charge in [0, 0.05) is 28.7 Å². The van der Waals surface area contributed by atoms with Crippen LogP contribution in [0.3, 0.4) is 0 Å². The molecule has 0 bridgehead atoms. The summed E-state index contributed by atoms with van der Waals surface area (Å²) in [6.07, 6.45) is 13.5. The molecule has 3 rings (SSSR count). The summed E-state index contributed by atoms with van der Waals surface area (Å²) < 4.78 is 13.7. The molecule has 1 heterocycles. The fraction of sp³-hybridized carbons (Fsp3) is 0.323. The lowest BCUT2D eigenvalue weighted by molar-refractivity contribution is 0.305. The van der Waals surface area contributed by atoms with E-state index in [0.29, 0.717) is 12.0 Å². The smallest absolute Gasteiger partial charge is 0.112 e. The van der Waals surface area contributed by atoms with Gasteiger partial charge in [0.05, 0.1) is 5.69 Å². The molecule has 1 N–H and O–H groups in total. The predicted molar refractivity (Wildman–Crippen MR) is 145 cm³/mol. The number of hydrogen-bond acceptors (Lipinski definition) is 2. The van der Waals surface area contributed by atoms with Crippen molar-refractivity contribution in [3.8, 4) is 0 Å². The third-order valence-corrected chi connectivity index (χ3v) is 7.05. The zero-order valence-corrected chi connectivity index (χ0v) is 20.6. The molecular formula is C31H37FN2. The van der Waals surface area contributed by atoms with Crippen LogP contribution in [-0.2, 0) is 0 Å². The second-order valence-corrected chi connectivity index (χ2v) is 9.48. The molecule has 34 heavy (non-hydrogen) atoms. The fourth-order valence-corrected chi connectivity index (χ4v) is 4.75. The van der Waals surface area contributed by atoms with Crippen LogP contribution in [0.4, 0.5) is 4.39 Å². The molecule has 1 aromatic carbocycles. The van der Waals surface area contributed by atoms with Gasteiger partial charge < -0.3 is 5.32 Å². The molecular weight excluding hydrogens is 419 g/mol. The van der Waals surface area contributed by atoms with Gasteiger partial charge in [0.25, 0.3) is 0 Å². The van der Waals surface area contributed by atoms with Crippen molar-refractivity contribution in [3.05, 3.63) is 110 Å². The van der Waals surface area contributed by atoms with E-state index in [1.165, 1.54) is 5.57 Å². The zero-order valence-electron chi connectivity index (χ0n) is 20.6. The minimum absolute atomic E-state index is 0.191. The number of nitrogens with zero attached hydrogens (tertiary/aromatic N) is 1. The Balaban J connectivity index is 1.85. The second kappa shape index (κ2) is 11.3. The number of fused-ring (bicyclic) bond motifs is 1. The largest absolute Gasteiger partial charge is 0.382 e. The van der Waals surface area contributed by atoms with Crippen LogP contribution < -0.4 is 5.32 Å². The molecule has 0 amide bonds. The minimum atomic E-state index is -0.560. The highest BCUT2D eigenvalue weighted by molar-refractivity contribution is 5.91. The second-order valence-electron chi connectivity index (χ2n) is 9.48. The van der Waals surface area contributed by atoms with Crippen LogP contribution in [0.15, 0.2) is 104 Å². The van der Waals surface area contributed by atoms with Crippen molar-refractivity contribution in [1.82, 2.24) is 10.3 Å². The van der Waals surface area contributed by atoms with Gasteiger partial charge in [0.2, 0.25) is 0 Å². The number of hydrogen-bond donors (Lipinski definition) is 1. The summed E-state index contributed by atoms with van der Waals surface area (Å²) in [4.78, 5) is 4.66. The summed E-state index contributed by atoms with van der Waals surface area (Å²) in [5, 5.41) is 5.75. The topological polar surface area (TPSA) is 24.9 Å². The van der Waals surface area contributed by atoms with E-state index in [9.17, 15) is 4.39 Å². The van der Waals surface area contributed by atoms with Gasteiger partial charge in [0.15, 0.2) is 0 Å². The molecule has 0 saturated carbocycles. The summed E-state index contributed by atoms with van der Waals surface area (Å²) in [5.41, 5.74) is 3.99. The van der Waals surface area contributed by atoms with Gasteiger partial charge in [-0.2, -0.15) is 0 Å². The number of aromatic nitrogens is 1. The van der Waals surface area contributed by atoms with E-state index in [0.717, 1.165) is 47.0 Å². The molecule has 1 aliphatic rings. The summed E-state index contributed by atoms with van der Waals surface area (Å²) in [6.45, 7) is 20.8. The van der Waals surface area contributed by atoms with E-state index in [1.54, 1.807) is 0 Å². The van der Waals surface area contributed by atoms with Crippen molar-refractivity contribution in [3.63, 3.8) is 0 Å². The molecule has 0 spiro atoms. The molecule has 2 unspecified atom stereocenters. The number of rotatable bonds is 13. The molecule has 0 aliphatic heterocycles. The molecule has 0 fully saturated rings. The number of allylic oxidation sites excluding steroid dienone is 6. The summed E-state index contributed by atoms with van der Waals surface area (Å²) in [6, 6.07) is 10.0. The van der Waals surface area contributed by atoms with Crippen LogP contribution in [0.5, 0.6) is 0 Å². The Labute approximate surface area is 204 Å². The summed E-state index contributed by atoms with van der Waals surface area (Å²) >= 11 is 0. The Morgan fingerprint density at radius 1 is 1.21 bits per heavy atom. The van der Waals surface area contributed by atoms with Gasteiger partial charge >= 0.3 is 0 Å². The molecule has 3 heteroatoms. The van der Waals surface area contributed by atoms with E-state index in [1.807, 2.05) is 30.5 Å². The van der Waals surface area contributed by atoms with Gasteiger partial charge in [-0.3, -0.25) is 4.98 Å². The Hall–Kier alpha value is -3.20. The van der Waals surface area contributed by atoms with Gasteiger partial charge in [-0.15, -0.1) is 6.58 Å². The summed E-state index contributed by atoms with van der Waals surface area (Å²) in [7, 11) is 0. The van der Waals surface area contributed by atoms with Crippen LogP contribution in [0, 0.1) is 11.3 Å². The van der Waals surface area contributed by atoms with E-state index >= 15 is 0 Å². The number of alkyl halides is 1. The monoisotopic (exact) mass is 456 g/mol. The van der Waals surface area contributed by atoms with Gasteiger partial charge in [0.1, 0.15) is 6.67 Å². The number of nitrogens with one attached hydrogen (secondary N) is 1. The number of halogens is 1. The predicted octanol–water partition coefficient (Wildman–Crippen LogP) is 8.13. The van der Waals surface area contributed by atoms with E-state index in [4.69, 9.17) is 0 Å². The van der Waals surface area contributed by atoms with Crippen LogP contribution in [0.25, 0.3) is 16.3 Å². The third kappa shape index (κ3) is 5.47. The molecule has 1 aliphatic carbocycles. The van der Waals surface area contributed by atoms with Crippen LogP contribution in [0.2, 0.25) is 0 Å². The molecule has 178 valence electrons. The summed E-state index contributed by atoms with van der Waals surface area (Å²) in [5.74, 6) is 0.191. The first-order chi connectivity index (χ1) is 16.3. The average molecular weight is 457 g/mol. The minimum Gasteiger partial charge on any atom is -0.382 e. The highest BCUT2D eigenvalue weighted by atomic mass is 19.1. The van der Waals surface area contributed by atoms with E-state index in [2.05, 4.69) is 80.8 Å². The molecule has 2 atom stereocenters. The van der Waals surface area contributed by atoms with Crippen molar-refractivity contribution >= 4 is 16.3 Å². The zero-order chi connectivity index (χ0) is 24.7. The lowest BCUT2D eigenvalue weighted by Crippen LogP contribution is -2.40. The van der Waals surface area contributed by atoms with E-state index < -0.39 is 12.1 Å². The Morgan fingerprint density at radius 3 is 2.62 bits per heavy atom.